The number of hydrogen-bond donors (Lipinski definition) is 2. The van der Waals surface area contributed by atoms with Gasteiger partial charge in [0.25, 0.3) is 0 Å². The number of nitrogens with zero attached hydrogens (tertiary/aromatic N) is 2. The molecule has 0 unspecified atom stereocenters. The fourth-order valence-electron chi connectivity index (χ4n) is 2.47. The SMILES string of the molecule is Cc1cccc(N2CCN(CC(=O)NN)CC2)c1C. The summed E-state index contributed by atoms with van der Waals surface area (Å²) in [6.45, 7) is 8.36. The number of nitrogens with one attached hydrogen (secondary N) is 1. The maximum Gasteiger partial charge on any atom is 0.248 e. The third-order valence-corrected chi connectivity index (χ3v) is 3.82. The highest BCUT2D eigenvalue weighted by atomic mass is 16.2. The van der Waals surface area contributed by atoms with Crippen LogP contribution in [0.15, 0.2) is 18.2 Å². The van der Waals surface area contributed by atoms with Gasteiger partial charge in [0.2, 0.25) is 5.91 Å². The van der Waals surface area contributed by atoms with Crippen molar-refractivity contribution in [1.82, 2.24) is 10.3 Å². The number of piperazine rings is 1. The zero-order valence-electron chi connectivity index (χ0n) is 11.6. The Bertz CT molecular complexity index is 453. The number of amides is 1. The third-order valence-electron chi connectivity index (χ3n) is 3.82. The number of hydrazine groups is 1. The predicted octanol–water partition coefficient (Wildman–Crippen LogP) is 0.415. The molecule has 3 N–H and O–H groups in total. The summed E-state index contributed by atoms with van der Waals surface area (Å²) >= 11 is 0. The molecule has 0 bridgehead atoms. The molecule has 19 heavy (non-hydrogen) atoms. The standard InChI is InChI=1S/C14H22N4O/c1-11-4-3-5-13(12(11)2)18-8-6-17(7-9-18)10-14(19)16-15/h3-5H,6-10,15H2,1-2H3,(H,16,19). The maximum atomic E-state index is 11.2. The number of hydrogen-bond acceptors (Lipinski definition) is 4. The van der Waals surface area contributed by atoms with E-state index in [9.17, 15) is 4.79 Å². The van der Waals surface area contributed by atoms with Gasteiger partial charge in [-0.1, -0.05) is 12.1 Å². The van der Waals surface area contributed by atoms with Gasteiger partial charge in [0.05, 0.1) is 6.54 Å². The lowest BCUT2D eigenvalue weighted by Gasteiger charge is -2.36. The van der Waals surface area contributed by atoms with Crippen LogP contribution in [0.4, 0.5) is 5.69 Å². The molecule has 1 fully saturated rings. The molecule has 1 aromatic rings. The number of carbonyl (C=O) groups is 1. The Morgan fingerprint density at radius 2 is 1.95 bits per heavy atom. The molecule has 1 heterocycles. The van der Waals surface area contributed by atoms with E-state index in [0.717, 1.165) is 26.2 Å². The first kappa shape index (κ1) is 13.8. The number of aryl methyl sites for hydroxylation is 1. The van der Waals surface area contributed by atoms with Crippen LogP contribution in [0.3, 0.4) is 0 Å². The van der Waals surface area contributed by atoms with Gasteiger partial charge in [-0.15, -0.1) is 0 Å². The summed E-state index contributed by atoms with van der Waals surface area (Å²) in [5, 5.41) is 0. The van der Waals surface area contributed by atoms with Crippen molar-refractivity contribution in [2.24, 2.45) is 5.84 Å². The van der Waals surface area contributed by atoms with Crippen LogP contribution in [-0.4, -0.2) is 43.5 Å². The molecule has 0 radical (unpaired) electrons. The lowest BCUT2D eigenvalue weighted by Crippen LogP contribution is -2.50. The van der Waals surface area contributed by atoms with Crippen LogP contribution >= 0.6 is 0 Å². The normalized spacial score (nSPS) is 16.5. The summed E-state index contributed by atoms with van der Waals surface area (Å²) < 4.78 is 0. The van der Waals surface area contributed by atoms with Gasteiger partial charge in [-0.25, -0.2) is 5.84 Å². The van der Waals surface area contributed by atoms with Crippen LogP contribution in [0, 0.1) is 13.8 Å². The number of benzene rings is 1. The fourth-order valence-corrected chi connectivity index (χ4v) is 2.47. The largest absolute Gasteiger partial charge is 0.369 e. The van der Waals surface area contributed by atoms with Crippen LogP contribution in [0.25, 0.3) is 0 Å². The minimum absolute atomic E-state index is 0.125. The maximum absolute atomic E-state index is 11.2. The molecule has 0 spiro atoms. The number of anilines is 1. The summed E-state index contributed by atoms with van der Waals surface area (Å²) in [5.74, 6) is 4.98. The van der Waals surface area contributed by atoms with E-state index in [1.807, 2.05) is 0 Å². The van der Waals surface area contributed by atoms with Crippen molar-refractivity contribution in [3.05, 3.63) is 29.3 Å². The van der Waals surface area contributed by atoms with E-state index in [4.69, 9.17) is 5.84 Å². The zero-order valence-corrected chi connectivity index (χ0v) is 11.6. The Hall–Kier alpha value is -1.59. The van der Waals surface area contributed by atoms with Gasteiger partial charge in [-0.3, -0.25) is 15.1 Å². The van der Waals surface area contributed by atoms with Crippen molar-refractivity contribution < 1.29 is 4.79 Å². The van der Waals surface area contributed by atoms with Crippen molar-refractivity contribution >= 4 is 11.6 Å². The number of rotatable bonds is 3. The first-order valence-corrected chi connectivity index (χ1v) is 6.65. The molecule has 1 amide bonds. The van der Waals surface area contributed by atoms with E-state index in [1.54, 1.807) is 0 Å². The van der Waals surface area contributed by atoms with Crippen LogP contribution in [0.2, 0.25) is 0 Å². The van der Waals surface area contributed by atoms with Crippen molar-refractivity contribution in [2.45, 2.75) is 13.8 Å². The Morgan fingerprint density at radius 3 is 2.58 bits per heavy atom. The van der Waals surface area contributed by atoms with Gasteiger partial charge in [0.15, 0.2) is 0 Å². The van der Waals surface area contributed by atoms with E-state index in [1.165, 1.54) is 16.8 Å². The number of carbonyl (C=O) groups excluding carboxylic acids is 1. The van der Waals surface area contributed by atoms with E-state index in [2.05, 4.69) is 47.3 Å². The summed E-state index contributed by atoms with van der Waals surface area (Å²) in [5.41, 5.74) is 6.15. The molecule has 1 aliphatic heterocycles. The van der Waals surface area contributed by atoms with Crippen LogP contribution in [-0.2, 0) is 4.79 Å². The second kappa shape index (κ2) is 6.04. The van der Waals surface area contributed by atoms with Gasteiger partial charge in [-0.2, -0.15) is 0 Å². The summed E-state index contributed by atoms with van der Waals surface area (Å²) in [6, 6.07) is 6.41. The Labute approximate surface area is 114 Å². The Kier molecular flexibility index (Phi) is 4.39. The van der Waals surface area contributed by atoms with Gasteiger partial charge < -0.3 is 4.90 Å². The number of nitrogens with two attached hydrogens (primary N) is 1. The van der Waals surface area contributed by atoms with E-state index in [-0.39, 0.29) is 5.91 Å². The molecule has 1 saturated heterocycles. The molecule has 0 saturated carbocycles. The Balaban J connectivity index is 1.96. The van der Waals surface area contributed by atoms with Crippen molar-refractivity contribution in [3.63, 3.8) is 0 Å². The predicted molar refractivity (Wildman–Crippen MR) is 76.9 cm³/mol. The molecule has 2 rings (SSSR count). The highest BCUT2D eigenvalue weighted by Gasteiger charge is 2.19. The average molecular weight is 262 g/mol. The second-order valence-electron chi connectivity index (χ2n) is 5.05. The van der Waals surface area contributed by atoms with Gasteiger partial charge >= 0.3 is 0 Å². The summed E-state index contributed by atoms with van der Waals surface area (Å²) in [6.07, 6.45) is 0. The molecule has 0 atom stereocenters. The molecule has 5 nitrogen and oxygen atoms in total. The van der Waals surface area contributed by atoms with E-state index < -0.39 is 0 Å². The Morgan fingerprint density at radius 1 is 1.26 bits per heavy atom. The average Bonchev–Trinajstić information content (AvgIpc) is 2.43. The highest BCUT2D eigenvalue weighted by Crippen LogP contribution is 2.23. The second-order valence-corrected chi connectivity index (χ2v) is 5.05. The molecule has 0 aliphatic carbocycles. The smallest absolute Gasteiger partial charge is 0.248 e. The van der Waals surface area contributed by atoms with Crippen LogP contribution < -0.4 is 16.2 Å². The van der Waals surface area contributed by atoms with Crippen molar-refractivity contribution in [1.29, 1.82) is 0 Å². The minimum Gasteiger partial charge on any atom is -0.369 e. The van der Waals surface area contributed by atoms with E-state index >= 15 is 0 Å². The molecule has 0 aromatic heterocycles. The minimum atomic E-state index is -0.125. The molecule has 1 aliphatic rings. The lowest BCUT2D eigenvalue weighted by atomic mass is 10.1. The molecular formula is C14H22N4O. The van der Waals surface area contributed by atoms with Gasteiger partial charge in [0, 0.05) is 31.9 Å². The van der Waals surface area contributed by atoms with Gasteiger partial charge in [0.1, 0.15) is 0 Å². The third kappa shape index (κ3) is 3.24. The van der Waals surface area contributed by atoms with Crippen LogP contribution in [0.5, 0.6) is 0 Å². The summed E-state index contributed by atoms with van der Waals surface area (Å²) in [7, 11) is 0. The summed E-state index contributed by atoms with van der Waals surface area (Å²) in [4.78, 5) is 15.8. The monoisotopic (exact) mass is 262 g/mol. The molecule has 1 aromatic carbocycles. The van der Waals surface area contributed by atoms with Crippen molar-refractivity contribution in [3.8, 4) is 0 Å². The quantitative estimate of drug-likeness (QED) is 0.471. The first-order chi connectivity index (χ1) is 9.11. The van der Waals surface area contributed by atoms with E-state index in [0.29, 0.717) is 6.54 Å². The first-order valence-electron chi connectivity index (χ1n) is 6.65. The molecule has 5 heteroatoms. The van der Waals surface area contributed by atoms with Crippen LogP contribution in [0.1, 0.15) is 11.1 Å². The fraction of sp³-hybridized carbons (Fsp3) is 0.500. The van der Waals surface area contributed by atoms with Crippen molar-refractivity contribution in [2.75, 3.05) is 37.6 Å². The van der Waals surface area contributed by atoms with Gasteiger partial charge in [-0.05, 0) is 31.0 Å². The topological polar surface area (TPSA) is 61.6 Å². The molecular weight excluding hydrogens is 240 g/mol. The zero-order chi connectivity index (χ0) is 13.8. The molecule has 104 valence electrons. The lowest BCUT2D eigenvalue weighted by molar-refractivity contribution is -0.122. The highest BCUT2D eigenvalue weighted by molar-refractivity contribution is 5.77.